The zero-order valence-electron chi connectivity index (χ0n) is 9.51. The number of rotatable bonds is 7. The lowest BCUT2D eigenvalue weighted by Gasteiger charge is -2.07. The molecule has 0 bridgehead atoms. The van der Waals surface area contributed by atoms with Crippen LogP contribution in [0.3, 0.4) is 0 Å². The molecule has 7 heteroatoms. The molecule has 0 spiro atoms. The number of sulfone groups is 1. The Kier molecular flexibility index (Phi) is 4.88. The van der Waals surface area contributed by atoms with E-state index in [1.807, 2.05) is 0 Å². The molecular formula is C9H17N3O3S. The Morgan fingerprint density at radius 3 is 2.75 bits per heavy atom. The van der Waals surface area contributed by atoms with Gasteiger partial charge in [0.15, 0.2) is 15.7 Å². The van der Waals surface area contributed by atoms with Gasteiger partial charge in [0, 0.05) is 19.5 Å². The largest absolute Gasteiger partial charge is 0.343 e. The maximum absolute atomic E-state index is 11.4. The average Bonchev–Trinajstić information content (AvgIpc) is 2.69. The summed E-state index contributed by atoms with van der Waals surface area (Å²) >= 11 is 0. The molecule has 1 aromatic heterocycles. The topological polar surface area (TPSA) is 85.1 Å². The quantitative estimate of drug-likeness (QED) is 0.684. The molecule has 1 aromatic rings. The van der Waals surface area contributed by atoms with Gasteiger partial charge in [0.1, 0.15) is 0 Å². The van der Waals surface area contributed by atoms with Crippen molar-refractivity contribution in [1.82, 2.24) is 15.5 Å². The van der Waals surface area contributed by atoms with Crippen molar-refractivity contribution in [3.63, 3.8) is 0 Å². The van der Waals surface area contributed by atoms with Crippen molar-refractivity contribution < 1.29 is 12.9 Å². The van der Waals surface area contributed by atoms with E-state index in [9.17, 15) is 8.42 Å². The molecule has 0 atom stereocenters. The van der Waals surface area contributed by atoms with Gasteiger partial charge in [-0.15, -0.1) is 0 Å². The summed E-state index contributed by atoms with van der Waals surface area (Å²) in [5, 5.41) is 6.37. The Bertz CT molecular complexity index is 386. The van der Waals surface area contributed by atoms with Gasteiger partial charge in [-0.2, -0.15) is 4.98 Å². The van der Waals surface area contributed by atoms with E-state index >= 15 is 0 Å². The van der Waals surface area contributed by atoms with Gasteiger partial charge in [0.25, 0.3) is 0 Å². The molecule has 16 heavy (non-hydrogen) atoms. The molecule has 0 radical (unpaired) electrons. The second kappa shape index (κ2) is 5.95. The fourth-order valence-electron chi connectivity index (χ4n) is 1.08. The highest BCUT2D eigenvalue weighted by atomic mass is 32.2. The van der Waals surface area contributed by atoms with E-state index < -0.39 is 9.84 Å². The Morgan fingerprint density at radius 2 is 2.19 bits per heavy atom. The minimum absolute atomic E-state index is 0.164. The molecule has 0 aliphatic carbocycles. The predicted octanol–water partition coefficient (Wildman–Crippen LogP) is 0.0249. The third kappa shape index (κ3) is 4.28. The van der Waals surface area contributed by atoms with E-state index in [1.54, 1.807) is 13.8 Å². The molecule has 0 aliphatic heterocycles. The van der Waals surface area contributed by atoms with Crippen LogP contribution in [-0.4, -0.2) is 42.7 Å². The molecule has 1 heterocycles. The summed E-state index contributed by atoms with van der Waals surface area (Å²) in [5.41, 5.74) is 0. The van der Waals surface area contributed by atoms with Crippen LogP contribution in [0.5, 0.6) is 0 Å². The van der Waals surface area contributed by atoms with E-state index in [2.05, 4.69) is 20.0 Å². The molecule has 0 aliphatic rings. The Labute approximate surface area is 95.3 Å². The molecule has 0 fully saturated rings. The predicted molar refractivity (Wildman–Crippen MR) is 59.8 cm³/mol. The third-order valence-electron chi connectivity index (χ3n) is 2.21. The molecular weight excluding hydrogens is 230 g/mol. The third-order valence-corrected chi connectivity index (χ3v) is 4.42. The first-order chi connectivity index (χ1) is 7.52. The van der Waals surface area contributed by atoms with Crippen LogP contribution < -0.4 is 5.32 Å². The lowest BCUT2D eigenvalue weighted by Crippen LogP contribution is -2.28. The minimum Gasteiger partial charge on any atom is -0.343 e. The zero-order valence-corrected chi connectivity index (χ0v) is 10.3. The Hall–Kier alpha value is -0.950. The molecule has 0 saturated carbocycles. The molecule has 0 aromatic carbocycles. The molecule has 6 nitrogen and oxygen atoms in total. The van der Waals surface area contributed by atoms with Crippen molar-refractivity contribution in [2.45, 2.75) is 25.5 Å². The van der Waals surface area contributed by atoms with Crippen LogP contribution in [0.1, 0.15) is 19.7 Å². The van der Waals surface area contributed by atoms with Gasteiger partial charge in [-0.1, -0.05) is 5.16 Å². The van der Waals surface area contributed by atoms with Gasteiger partial charge >= 0.3 is 0 Å². The highest BCUT2D eigenvalue weighted by Crippen LogP contribution is 1.99. The normalized spacial score (nSPS) is 12.2. The summed E-state index contributed by atoms with van der Waals surface area (Å²) < 4.78 is 27.5. The van der Waals surface area contributed by atoms with Crippen molar-refractivity contribution in [2.75, 3.05) is 18.8 Å². The second-order valence-corrected chi connectivity index (χ2v) is 6.44. The van der Waals surface area contributed by atoms with Crippen LogP contribution in [-0.2, 0) is 16.3 Å². The number of hydrogen-bond acceptors (Lipinski definition) is 6. The van der Waals surface area contributed by atoms with Gasteiger partial charge in [-0.3, -0.25) is 0 Å². The Morgan fingerprint density at radius 1 is 1.44 bits per heavy atom. The number of aromatic nitrogens is 2. The van der Waals surface area contributed by atoms with Crippen molar-refractivity contribution in [3.05, 3.63) is 12.2 Å². The molecule has 0 saturated heterocycles. The zero-order chi connectivity index (χ0) is 12.0. The van der Waals surface area contributed by atoms with Gasteiger partial charge in [-0.25, -0.2) is 8.42 Å². The van der Waals surface area contributed by atoms with Gasteiger partial charge in [0.05, 0.1) is 11.0 Å². The average molecular weight is 247 g/mol. The minimum atomic E-state index is -2.94. The van der Waals surface area contributed by atoms with E-state index in [1.165, 1.54) is 6.39 Å². The second-order valence-electron chi connectivity index (χ2n) is 3.76. The van der Waals surface area contributed by atoms with Crippen molar-refractivity contribution in [1.29, 1.82) is 0 Å². The lowest BCUT2D eigenvalue weighted by molar-refractivity contribution is 0.409. The van der Waals surface area contributed by atoms with Gasteiger partial charge < -0.3 is 9.84 Å². The summed E-state index contributed by atoms with van der Waals surface area (Å²) in [6.45, 7) is 4.48. The van der Waals surface area contributed by atoms with Crippen molar-refractivity contribution >= 4 is 9.84 Å². The fourth-order valence-corrected chi connectivity index (χ4v) is 1.98. The van der Waals surface area contributed by atoms with Crippen molar-refractivity contribution in [2.24, 2.45) is 0 Å². The summed E-state index contributed by atoms with van der Waals surface area (Å²) in [7, 11) is -2.94. The molecule has 0 unspecified atom stereocenters. The van der Waals surface area contributed by atoms with E-state index in [4.69, 9.17) is 0 Å². The van der Waals surface area contributed by atoms with Crippen LogP contribution in [0.15, 0.2) is 10.9 Å². The highest BCUT2D eigenvalue weighted by molar-refractivity contribution is 7.92. The summed E-state index contributed by atoms with van der Waals surface area (Å²) in [4.78, 5) is 3.85. The monoisotopic (exact) mass is 247 g/mol. The number of nitrogens with zero attached hydrogens (tertiary/aromatic N) is 2. The van der Waals surface area contributed by atoms with E-state index in [0.29, 0.717) is 25.3 Å². The van der Waals surface area contributed by atoms with Gasteiger partial charge in [0.2, 0.25) is 6.39 Å². The van der Waals surface area contributed by atoms with Crippen LogP contribution >= 0.6 is 0 Å². The summed E-state index contributed by atoms with van der Waals surface area (Å²) in [6.07, 6.45) is 1.91. The highest BCUT2D eigenvalue weighted by Gasteiger charge is 2.14. The lowest BCUT2D eigenvalue weighted by atomic mass is 10.4. The fraction of sp³-hybridized carbons (Fsp3) is 0.778. The smallest absolute Gasteiger partial charge is 0.213 e. The molecule has 0 amide bonds. The van der Waals surface area contributed by atoms with Crippen LogP contribution in [0.2, 0.25) is 0 Å². The maximum atomic E-state index is 11.4. The SMILES string of the molecule is CC(C)S(=O)(=O)CCNCCc1ncon1. The molecule has 92 valence electrons. The standard InChI is InChI=1S/C9H17N3O3S/c1-8(2)16(13,14)6-5-10-4-3-9-11-7-15-12-9/h7-8,10H,3-6H2,1-2H3. The number of nitrogens with one attached hydrogen (secondary N) is 1. The first kappa shape index (κ1) is 13.1. The molecule has 1 rings (SSSR count). The van der Waals surface area contributed by atoms with Gasteiger partial charge in [-0.05, 0) is 13.8 Å². The van der Waals surface area contributed by atoms with E-state index in [-0.39, 0.29) is 11.0 Å². The van der Waals surface area contributed by atoms with Crippen LogP contribution in [0.4, 0.5) is 0 Å². The molecule has 1 N–H and O–H groups in total. The Balaban J connectivity index is 2.13. The summed E-state index contributed by atoms with van der Waals surface area (Å²) in [5.74, 6) is 0.788. The number of hydrogen-bond donors (Lipinski definition) is 1. The first-order valence-corrected chi connectivity index (χ1v) is 6.91. The van der Waals surface area contributed by atoms with Crippen molar-refractivity contribution in [3.8, 4) is 0 Å². The van der Waals surface area contributed by atoms with Crippen LogP contribution in [0.25, 0.3) is 0 Å². The maximum Gasteiger partial charge on any atom is 0.213 e. The van der Waals surface area contributed by atoms with Crippen LogP contribution in [0, 0.1) is 0 Å². The summed E-state index contributed by atoms with van der Waals surface area (Å²) in [6, 6.07) is 0. The first-order valence-electron chi connectivity index (χ1n) is 5.20. The van der Waals surface area contributed by atoms with E-state index in [0.717, 1.165) is 0 Å².